The molecule has 1 unspecified atom stereocenters. The predicted molar refractivity (Wildman–Crippen MR) is 104 cm³/mol. The lowest BCUT2D eigenvalue weighted by Crippen LogP contribution is -2.30. The number of benzene rings is 2. The first-order chi connectivity index (χ1) is 12.2. The first kappa shape index (κ1) is 18.9. The van der Waals surface area contributed by atoms with E-state index in [1.807, 2.05) is 0 Å². The molecule has 1 aliphatic heterocycles. The Balaban J connectivity index is 1.87. The minimum absolute atomic E-state index is 0.0552. The molecule has 0 aromatic heterocycles. The molecule has 6 nitrogen and oxygen atoms in total. The third-order valence-corrected chi connectivity index (χ3v) is 6.60. The van der Waals surface area contributed by atoms with Crippen LogP contribution >= 0.6 is 27.5 Å². The number of anilines is 2. The zero-order chi connectivity index (χ0) is 19.1. The quantitative estimate of drug-likeness (QED) is 0.762. The van der Waals surface area contributed by atoms with Crippen LogP contribution in [0, 0.1) is 5.92 Å². The second kappa shape index (κ2) is 7.02. The molecular weight excluding hydrogens is 444 g/mol. The Morgan fingerprint density at radius 3 is 2.42 bits per heavy atom. The summed E-state index contributed by atoms with van der Waals surface area (Å²) in [4.78, 5) is 24.5. The van der Waals surface area contributed by atoms with Gasteiger partial charge in [0.1, 0.15) is 0 Å². The summed E-state index contributed by atoms with van der Waals surface area (Å²) in [5.74, 6) is -1.80. The van der Waals surface area contributed by atoms with Crippen LogP contribution in [0.25, 0.3) is 0 Å². The van der Waals surface area contributed by atoms with Gasteiger partial charge >= 0.3 is 0 Å². The minimum atomic E-state index is -3.72. The van der Waals surface area contributed by atoms with E-state index >= 15 is 0 Å². The van der Waals surface area contributed by atoms with Gasteiger partial charge in [-0.3, -0.25) is 9.59 Å². The van der Waals surface area contributed by atoms with Gasteiger partial charge in [0.05, 0.1) is 27.9 Å². The first-order valence-corrected chi connectivity index (χ1v) is 10.4. The topological polar surface area (TPSA) is 83.6 Å². The fraction of sp³-hybridized carbons (Fsp3) is 0.176. The van der Waals surface area contributed by atoms with E-state index in [1.165, 1.54) is 18.2 Å². The van der Waals surface area contributed by atoms with Gasteiger partial charge in [-0.15, -0.1) is 0 Å². The van der Waals surface area contributed by atoms with E-state index in [4.69, 9.17) is 11.6 Å². The van der Waals surface area contributed by atoms with Crippen LogP contribution in [0.15, 0.2) is 46.9 Å². The lowest BCUT2D eigenvalue weighted by Gasteiger charge is -2.16. The Morgan fingerprint density at radius 2 is 1.88 bits per heavy atom. The molecule has 1 aliphatic rings. The van der Waals surface area contributed by atoms with Crippen LogP contribution in [0.3, 0.4) is 0 Å². The van der Waals surface area contributed by atoms with E-state index in [-0.39, 0.29) is 22.0 Å². The van der Waals surface area contributed by atoms with Crippen LogP contribution in [0.5, 0.6) is 0 Å². The monoisotopic (exact) mass is 456 g/mol. The Bertz CT molecular complexity index is 992. The average Bonchev–Trinajstić information content (AvgIpc) is 2.77. The van der Waals surface area contributed by atoms with Crippen molar-refractivity contribution in [3.8, 4) is 0 Å². The summed E-state index contributed by atoms with van der Waals surface area (Å²) in [5.41, 5.74) is 0.893. The summed E-state index contributed by atoms with van der Waals surface area (Å²) < 4.78 is 25.9. The van der Waals surface area contributed by atoms with Crippen molar-refractivity contribution in [3.05, 3.63) is 57.5 Å². The summed E-state index contributed by atoms with van der Waals surface area (Å²) >= 11 is 9.48. The maximum absolute atomic E-state index is 12.4. The van der Waals surface area contributed by atoms with Crippen molar-refractivity contribution in [1.82, 2.24) is 0 Å². The van der Waals surface area contributed by atoms with Gasteiger partial charge in [-0.25, -0.2) is 12.7 Å². The van der Waals surface area contributed by atoms with Gasteiger partial charge in [-0.1, -0.05) is 34.5 Å². The van der Waals surface area contributed by atoms with Crippen molar-refractivity contribution in [2.45, 2.75) is 6.92 Å². The molecule has 1 fully saturated rings. The molecule has 136 valence electrons. The molecule has 0 aliphatic carbocycles. The summed E-state index contributed by atoms with van der Waals surface area (Å²) in [7, 11) is -3.72. The Kier molecular flexibility index (Phi) is 5.09. The van der Waals surface area contributed by atoms with Gasteiger partial charge in [0, 0.05) is 10.2 Å². The van der Waals surface area contributed by atoms with Gasteiger partial charge in [0.25, 0.3) is 5.91 Å². The normalized spacial score (nSPS) is 18.8. The summed E-state index contributed by atoms with van der Waals surface area (Å²) in [6.45, 7) is 1.56. The lowest BCUT2D eigenvalue weighted by molar-refractivity contribution is -0.119. The number of hydrogen-bond acceptors (Lipinski definition) is 4. The van der Waals surface area contributed by atoms with Gasteiger partial charge in [-0.2, -0.15) is 0 Å². The van der Waals surface area contributed by atoms with Crippen LogP contribution in [-0.2, 0) is 14.8 Å². The van der Waals surface area contributed by atoms with Crippen molar-refractivity contribution in [2.24, 2.45) is 5.92 Å². The van der Waals surface area contributed by atoms with Gasteiger partial charge in [-0.05, 0) is 42.5 Å². The second-order valence-corrected chi connectivity index (χ2v) is 9.09. The second-order valence-electron chi connectivity index (χ2n) is 5.91. The maximum Gasteiger partial charge on any atom is 0.257 e. The molecule has 1 atom stereocenters. The summed E-state index contributed by atoms with van der Waals surface area (Å²) in [6, 6.07) is 11.1. The molecule has 3 rings (SSSR count). The molecular formula is C17H14BrClN2O4S. The Hall–Kier alpha value is -1.90. The molecule has 26 heavy (non-hydrogen) atoms. The third-order valence-electron chi connectivity index (χ3n) is 3.89. The number of amides is 2. The van der Waals surface area contributed by atoms with Crippen molar-refractivity contribution >= 4 is 60.7 Å². The zero-order valence-electron chi connectivity index (χ0n) is 13.6. The summed E-state index contributed by atoms with van der Waals surface area (Å²) in [5, 5.41) is 2.76. The van der Waals surface area contributed by atoms with Crippen molar-refractivity contribution in [3.63, 3.8) is 0 Å². The number of rotatable bonds is 3. The molecule has 0 saturated carbocycles. The van der Waals surface area contributed by atoms with Crippen molar-refractivity contribution < 1.29 is 18.0 Å². The highest BCUT2D eigenvalue weighted by Crippen LogP contribution is 2.31. The summed E-state index contributed by atoms with van der Waals surface area (Å²) in [6.07, 6.45) is 0. The van der Waals surface area contributed by atoms with E-state index in [0.717, 1.165) is 8.78 Å². The maximum atomic E-state index is 12.4. The molecule has 2 aromatic carbocycles. The fourth-order valence-electron chi connectivity index (χ4n) is 2.63. The smallest absolute Gasteiger partial charge is 0.257 e. The first-order valence-electron chi connectivity index (χ1n) is 7.62. The number of sulfonamides is 1. The highest BCUT2D eigenvalue weighted by atomic mass is 79.9. The molecule has 0 bridgehead atoms. The largest absolute Gasteiger partial charge is 0.322 e. The van der Waals surface area contributed by atoms with E-state index in [1.54, 1.807) is 31.2 Å². The van der Waals surface area contributed by atoms with Gasteiger partial charge in [0.15, 0.2) is 0 Å². The highest BCUT2D eigenvalue weighted by Gasteiger charge is 2.42. The van der Waals surface area contributed by atoms with Crippen molar-refractivity contribution in [2.75, 3.05) is 15.4 Å². The molecule has 1 saturated heterocycles. The molecule has 9 heteroatoms. The number of nitrogens with one attached hydrogen (secondary N) is 1. The number of nitrogens with zero attached hydrogens (tertiary/aromatic N) is 1. The standard InChI is InChI=1S/C17H14BrClN2O4S/c1-10-9-26(24,25)21(17(10)23)13-6-7-14(15(19)8-13)16(22)20-12-4-2-11(18)3-5-12/h2-8,10H,9H2,1H3,(H,20,22). The van der Waals surface area contributed by atoms with Crippen LogP contribution in [0.4, 0.5) is 11.4 Å². The molecule has 0 radical (unpaired) electrons. The van der Waals surface area contributed by atoms with Gasteiger partial charge < -0.3 is 5.32 Å². The van der Waals surface area contributed by atoms with Crippen molar-refractivity contribution in [1.29, 1.82) is 0 Å². The fourth-order valence-corrected chi connectivity index (χ4v) is 4.97. The number of carbonyl (C=O) groups excluding carboxylic acids is 2. The average molecular weight is 458 g/mol. The van der Waals surface area contributed by atoms with Crippen LogP contribution in [-0.4, -0.2) is 26.0 Å². The van der Waals surface area contributed by atoms with E-state index in [9.17, 15) is 18.0 Å². The van der Waals surface area contributed by atoms with Gasteiger partial charge in [0.2, 0.25) is 15.9 Å². The molecule has 1 heterocycles. The lowest BCUT2D eigenvalue weighted by atomic mass is 10.1. The zero-order valence-corrected chi connectivity index (χ0v) is 16.7. The van der Waals surface area contributed by atoms with E-state index in [0.29, 0.717) is 5.69 Å². The third kappa shape index (κ3) is 3.62. The Morgan fingerprint density at radius 1 is 1.23 bits per heavy atom. The number of hydrogen-bond donors (Lipinski definition) is 1. The van der Waals surface area contributed by atoms with E-state index in [2.05, 4.69) is 21.2 Å². The molecule has 1 N–H and O–H groups in total. The highest BCUT2D eigenvalue weighted by molar-refractivity contribution is 9.10. The van der Waals surface area contributed by atoms with E-state index < -0.39 is 27.8 Å². The number of carbonyl (C=O) groups is 2. The van der Waals surface area contributed by atoms with Crippen LogP contribution < -0.4 is 9.62 Å². The Labute approximate surface area is 164 Å². The van der Waals surface area contributed by atoms with Crippen LogP contribution in [0.1, 0.15) is 17.3 Å². The van der Waals surface area contributed by atoms with Crippen LogP contribution in [0.2, 0.25) is 5.02 Å². The molecule has 2 amide bonds. The molecule has 0 spiro atoms. The minimum Gasteiger partial charge on any atom is -0.322 e. The number of halogens is 2. The molecule has 2 aromatic rings. The SMILES string of the molecule is CC1CS(=O)(=O)N(c2ccc(C(=O)Nc3ccc(Br)cc3)c(Cl)c2)C1=O. The predicted octanol–water partition coefficient (Wildman–Crippen LogP) is 3.67.